The number of Topliss-reactive ketones (excluding diaryl/α,β-unsaturated/α-hetero) is 1. The first-order chi connectivity index (χ1) is 11.2. The van der Waals surface area contributed by atoms with Crippen LogP contribution in [0.15, 0.2) is 70.5 Å². The topological polar surface area (TPSA) is 17.1 Å². The molecule has 0 N–H and O–H groups in total. The fourth-order valence-electron chi connectivity index (χ4n) is 1.74. The first-order valence-electron chi connectivity index (χ1n) is 6.71. The van der Waals surface area contributed by atoms with Crippen LogP contribution in [0.3, 0.4) is 0 Å². The first kappa shape index (κ1) is 18.2. The number of hydrogen-bond donors (Lipinski definition) is 0. The van der Waals surface area contributed by atoms with E-state index in [2.05, 4.69) is 0 Å². The lowest BCUT2D eigenvalue weighted by atomic mass is 10.1. The normalized spacial score (nSPS) is 13.0. The molecule has 0 amide bonds. The summed E-state index contributed by atoms with van der Waals surface area (Å²) in [5.41, 5.74) is 0.349. The van der Waals surface area contributed by atoms with Crippen LogP contribution < -0.4 is 0 Å². The fraction of sp³-hybridized carbons (Fsp3) is 0.118. The van der Waals surface area contributed by atoms with Crippen LogP contribution in [-0.2, 0) is 4.79 Å². The molecule has 0 radical (unpaired) electrons. The Balaban J connectivity index is 2.43. The van der Waals surface area contributed by atoms with Crippen molar-refractivity contribution in [1.82, 2.24) is 0 Å². The molecule has 0 saturated heterocycles. The van der Waals surface area contributed by atoms with Crippen molar-refractivity contribution in [2.24, 2.45) is 0 Å². The van der Waals surface area contributed by atoms with Crippen LogP contribution in [0.1, 0.15) is 5.56 Å². The van der Waals surface area contributed by atoms with E-state index in [4.69, 9.17) is 0 Å². The van der Waals surface area contributed by atoms with Crippen molar-refractivity contribution < 1.29 is 26.7 Å². The molecule has 2 aromatic rings. The molecular formula is C17H11F5OS. The Morgan fingerprint density at radius 1 is 0.833 bits per heavy atom. The van der Waals surface area contributed by atoms with E-state index < -0.39 is 22.8 Å². The number of hydrogen-bond acceptors (Lipinski definition) is 2. The zero-order valence-electron chi connectivity index (χ0n) is 12.1. The van der Waals surface area contributed by atoms with Gasteiger partial charge >= 0.3 is 12.1 Å². The molecule has 2 rings (SSSR count). The summed E-state index contributed by atoms with van der Waals surface area (Å²) in [6, 6.07) is 15.7. The molecule has 2 aromatic carbocycles. The summed E-state index contributed by atoms with van der Waals surface area (Å²) in [6.07, 6.45) is -4.92. The van der Waals surface area contributed by atoms with Gasteiger partial charge in [-0.1, -0.05) is 60.3 Å². The number of thioether (sulfide) groups is 1. The minimum atomic E-state index is -5.95. The SMILES string of the molecule is O=C(/C(=C/c1ccccc1)Sc1ccccc1)C(F)(F)C(F)(F)F. The lowest BCUT2D eigenvalue weighted by Crippen LogP contribution is -2.44. The van der Waals surface area contributed by atoms with Gasteiger partial charge in [0.25, 0.3) is 0 Å². The number of halogens is 5. The van der Waals surface area contributed by atoms with Gasteiger partial charge in [-0.15, -0.1) is 0 Å². The number of allylic oxidation sites excluding steroid dienone is 1. The summed E-state index contributed by atoms with van der Waals surface area (Å²) >= 11 is 0.566. The molecule has 0 aliphatic heterocycles. The van der Waals surface area contributed by atoms with Gasteiger partial charge in [-0.3, -0.25) is 4.79 Å². The minimum Gasteiger partial charge on any atom is -0.286 e. The minimum absolute atomic E-state index is 0.349. The maximum atomic E-state index is 13.5. The van der Waals surface area contributed by atoms with Gasteiger partial charge in [-0.05, 0) is 23.8 Å². The average Bonchev–Trinajstić information content (AvgIpc) is 2.54. The van der Waals surface area contributed by atoms with Gasteiger partial charge in [-0.25, -0.2) is 0 Å². The quantitative estimate of drug-likeness (QED) is 0.394. The highest BCUT2D eigenvalue weighted by atomic mass is 32.2. The average molecular weight is 358 g/mol. The van der Waals surface area contributed by atoms with E-state index >= 15 is 0 Å². The fourth-order valence-corrected chi connectivity index (χ4v) is 2.70. The van der Waals surface area contributed by atoms with E-state index in [0.717, 1.165) is 6.08 Å². The van der Waals surface area contributed by atoms with Crippen LogP contribution in [0.25, 0.3) is 6.08 Å². The molecule has 0 bridgehead atoms. The monoisotopic (exact) mass is 358 g/mol. The number of carbonyl (C=O) groups excluding carboxylic acids is 1. The summed E-state index contributed by atoms with van der Waals surface area (Å²) in [7, 11) is 0. The smallest absolute Gasteiger partial charge is 0.286 e. The van der Waals surface area contributed by atoms with Crippen molar-refractivity contribution in [2.45, 2.75) is 17.0 Å². The van der Waals surface area contributed by atoms with E-state index in [0.29, 0.717) is 22.2 Å². The Morgan fingerprint density at radius 3 is 1.83 bits per heavy atom. The Hall–Kier alpha value is -2.15. The predicted molar refractivity (Wildman–Crippen MR) is 82.7 cm³/mol. The molecule has 1 nitrogen and oxygen atoms in total. The molecule has 0 heterocycles. The summed E-state index contributed by atoms with van der Waals surface area (Å²) < 4.78 is 64.4. The predicted octanol–water partition coefficient (Wildman–Crippen LogP) is 5.59. The lowest BCUT2D eigenvalue weighted by Gasteiger charge is -2.19. The molecule has 126 valence electrons. The molecular weight excluding hydrogens is 347 g/mol. The van der Waals surface area contributed by atoms with E-state index in [9.17, 15) is 26.7 Å². The van der Waals surface area contributed by atoms with Crippen molar-refractivity contribution in [3.05, 3.63) is 71.1 Å². The van der Waals surface area contributed by atoms with Crippen LogP contribution in [0, 0.1) is 0 Å². The number of carbonyl (C=O) groups is 1. The second-order valence-electron chi connectivity index (χ2n) is 4.74. The largest absolute Gasteiger partial charge is 0.461 e. The second kappa shape index (κ2) is 7.17. The molecule has 0 aliphatic rings. The van der Waals surface area contributed by atoms with Gasteiger partial charge in [0.2, 0.25) is 5.78 Å². The molecule has 0 aromatic heterocycles. The summed E-state index contributed by atoms with van der Waals surface area (Å²) in [5.74, 6) is -7.72. The van der Waals surface area contributed by atoms with E-state index in [1.165, 1.54) is 24.3 Å². The van der Waals surface area contributed by atoms with Gasteiger partial charge < -0.3 is 0 Å². The highest BCUT2D eigenvalue weighted by Crippen LogP contribution is 2.41. The van der Waals surface area contributed by atoms with Gasteiger partial charge in [0.15, 0.2) is 0 Å². The maximum Gasteiger partial charge on any atom is 0.461 e. The molecule has 0 atom stereocenters. The van der Waals surface area contributed by atoms with E-state index in [1.54, 1.807) is 36.4 Å². The Morgan fingerprint density at radius 2 is 1.33 bits per heavy atom. The van der Waals surface area contributed by atoms with Crippen LogP contribution in [-0.4, -0.2) is 17.9 Å². The van der Waals surface area contributed by atoms with Crippen LogP contribution in [0.2, 0.25) is 0 Å². The number of benzene rings is 2. The third kappa shape index (κ3) is 4.23. The summed E-state index contributed by atoms with van der Waals surface area (Å²) in [4.78, 5) is 11.6. The second-order valence-corrected chi connectivity index (χ2v) is 5.85. The van der Waals surface area contributed by atoms with Crippen LogP contribution in [0.4, 0.5) is 22.0 Å². The molecule has 24 heavy (non-hydrogen) atoms. The molecule has 0 unspecified atom stereocenters. The Bertz CT molecular complexity index is 724. The van der Waals surface area contributed by atoms with Gasteiger partial charge in [-0.2, -0.15) is 22.0 Å². The maximum absolute atomic E-state index is 13.5. The Labute approximate surface area is 139 Å². The third-order valence-corrected chi connectivity index (χ3v) is 3.96. The van der Waals surface area contributed by atoms with Crippen molar-refractivity contribution in [2.75, 3.05) is 0 Å². The van der Waals surface area contributed by atoms with Crippen molar-refractivity contribution in [3.8, 4) is 0 Å². The van der Waals surface area contributed by atoms with E-state index in [1.807, 2.05) is 0 Å². The number of rotatable bonds is 5. The molecule has 0 aliphatic carbocycles. The first-order valence-corrected chi connectivity index (χ1v) is 7.52. The lowest BCUT2D eigenvalue weighted by molar-refractivity contribution is -0.266. The van der Waals surface area contributed by atoms with Crippen molar-refractivity contribution in [1.29, 1.82) is 0 Å². The highest BCUT2D eigenvalue weighted by molar-refractivity contribution is 8.04. The molecule has 0 saturated carbocycles. The zero-order valence-corrected chi connectivity index (χ0v) is 12.9. The molecule has 0 fully saturated rings. The molecule has 7 heteroatoms. The molecule has 0 spiro atoms. The Kier molecular flexibility index (Phi) is 5.43. The number of ketones is 1. The van der Waals surface area contributed by atoms with E-state index in [-0.39, 0.29) is 0 Å². The van der Waals surface area contributed by atoms with Crippen molar-refractivity contribution >= 4 is 23.6 Å². The van der Waals surface area contributed by atoms with Gasteiger partial charge in [0.1, 0.15) is 0 Å². The van der Waals surface area contributed by atoms with Crippen LogP contribution in [0.5, 0.6) is 0 Å². The van der Waals surface area contributed by atoms with Gasteiger partial charge in [0, 0.05) is 4.90 Å². The highest BCUT2D eigenvalue weighted by Gasteiger charge is 2.63. The summed E-state index contributed by atoms with van der Waals surface area (Å²) in [5, 5.41) is 0. The van der Waals surface area contributed by atoms with Crippen molar-refractivity contribution in [3.63, 3.8) is 0 Å². The van der Waals surface area contributed by atoms with Crippen LogP contribution >= 0.6 is 11.8 Å². The van der Waals surface area contributed by atoms with Gasteiger partial charge in [0.05, 0.1) is 4.91 Å². The number of alkyl halides is 5. The third-order valence-electron chi connectivity index (χ3n) is 2.93. The zero-order chi connectivity index (χ0) is 17.8. The summed E-state index contributed by atoms with van der Waals surface area (Å²) in [6.45, 7) is 0. The standard InChI is InChI=1S/C17H11F5OS/c18-16(19,17(20,21)22)15(23)14(11-12-7-3-1-4-8-12)24-13-9-5-2-6-10-13/h1-11H/b14-11-.